The van der Waals surface area contributed by atoms with Crippen molar-refractivity contribution in [3.8, 4) is 0 Å². The lowest BCUT2D eigenvalue weighted by Gasteiger charge is -2.36. The van der Waals surface area contributed by atoms with Crippen molar-refractivity contribution in [1.29, 1.82) is 0 Å². The lowest BCUT2D eigenvalue weighted by Crippen LogP contribution is -2.46. The van der Waals surface area contributed by atoms with Crippen LogP contribution in [0.15, 0.2) is 24.3 Å². The van der Waals surface area contributed by atoms with Crippen LogP contribution in [0, 0.1) is 18.8 Å². The van der Waals surface area contributed by atoms with E-state index in [0.29, 0.717) is 12.5 Å². The number of nitrogens with one attached hydrogen (secondary N) is 1. The quantitative estimate of drug-likeness (QED) is 0.929. The van der Waals surface area contributed by atoms with Gasteiger partial charge in [0.2, 0.25) is 11.8 Å². The Morgan fingerprint density at radius 3 is 2.39 bits per heavy atom. The molecule has 1 saturated heterocycles. The summed E-state index contributed by atoms with van der Waals surface area (Å²) in [5, 5.41) is 3.06. The van der Waals surface area contributed by atoms with Crippen molar-refractivity contribution >= 4 is 11.8 Å². The molecule has 4 heteroatoms. The van der Waals surface area contributed by atoms with E-state index in [9.17, 15) is 9.59 Å². The smallest absolute Gasteiger partial charge is 0.225 e. The van der Waals surface area contributed by atoms with Gasteiger partial charge in [0, 0.05) is 31.5 Å². The number of amides is 2. The first kappa shape index (κ1) is 16.0. The summed E-state index contributed by atoms with van der Waals surface area (Å²) in [5.74, 6) is 0.755. The van der Waals surface area contributed by atoms with E-state index in [2.05, 4.69) is 24.4 Å². The summed E-state index contributed by atoms with van der Waals surface area (Å²) in [6.07, 6.45) is 4.87. The van der Waals surface area contributed by atoms with Gasteiger partial charge in [0.15, 0.2) is 0 Å². The molecule has 4 nitrogen and oxygen atoms in total. The maximum atomic E-state index is 12.3. The molecule has 3 rings (SSSR count). The second kappa shape index (κ2) is 7.16. The van der Waals surface area contributed by atoms with Crippen LogP contribution >= 0.6 is 0 Å². The average molecular weight is 314 g/mol. The van der Waals surface area contributed by atoms with Gasteiger partial charge in [-0.05, 0) is 43.7 Å². The summed E-state index contributed by atoms with van der Waals surface area (Å²) in [6.45, 7) is 4.12. The van der Waals surface area contributed by atoms with Gasteiger partial charge in [-0.3, -0.25) is 9.59 Å². The molecule has 0 aromatic heterocycles. The molecule has 2 amide bonds. The highest BCUT2D eigenvalue weighted by Gasteiger charge is 2.33. The molecular formula is C19H26N2O2. The summed E-state index contributed by atoms with van der Waals surface area (Å²) >= 11 is 0. The molecule has 2 fully saturated rings. The lowest BCUT2D eigenvalue weighted by atomic mass is 9.83. The van der Waals surface area contributed by atoms with Gasteiger partial charge >= 0.3 is 0 Å². The third-order valence-electron chi connectivity index (χ3n) is 5.35. The fraction of sp³-hybridized carbons (Fsp3) is 0.579. The fourth-order valence-corrected chi connectivity index (χ4v) is 3.41. The van der Waals surface area contributed by atoms with Gasteiger partial charge in [-0.1, -0.05) is 30.7 Å². The Labute approximate surface area is 138 Å². The lowest BCUT2D eigenvalue weighted by molar-refractivity contribution is -0.141. The average Bonchev–Trinajstić information content (AvgIpc) is 2.52. The predicted octanol–water partition coefficient (Wildman–Crippen LogP) is 2.65. The second-order valence-electron chi connectivity index (χ2n) is 6.87. The molecule has 1 saturated carbocycles. The Bertz CT molecular complexity index is 572. The molecular weight excluding hydrogens is 288 g/mol. The molecule has 1 heterocycles. The van der Waals surface area contributed by atoms with Gasteiger partial charge < -0.3 is 10.2 Å². The monoisotopic (exact) mass is 314 g/mol. The van der Waals surface area contributed by atoms with E-state index in [1.807, 2.05) is 17.0 Å². The van der Waals surface area contributed by atoms with E-state index >= 15 is 0 Å². The van der Waals surface area contributed by atoms with Crippen molar-refractivity contribution in [3.63, 3.8) is 0 Å². The van der Waals surface area contributed by atoms with Crippen LogP contribution in [0.1, 0.15) is 43.2 Å². The Morgan fingerprint density at radius 2 is 1.78 bits per heavy atom. The van der Waals surface area contributed by atoms with E-state index < -0.39 is 0 Å². The number of aryl methyl sites for hydroxylation is 1. The summed E-state index contributed by atoms with van der Waals surface area (Å²) in [4.78, 5) is 26.5. The Balaban J connectivity index is 1.45. The van der Waals surface area contributed by atoms with Crippen molar-refractivity contribution in [2.75, 3.05) is 13.1 Å². The molecule has 1 N–H and O–H groups in total. The SMILES string of the molecule is Cc1ccccc1CNC(=O)C1CCN(C(=O)C2CCC2)CC1. The van der Waals surface area contributed by atoms with Crippen LogP contribution in [-0.4, -0.2) is 29.8 Å². The summed E-state index contributed by atoms with van der Waals surface area (Å²) in [6, 6.07) is 8.12. The molecule has 2 aliphatic rings. The first-order chi connectivity index (χ1) is 11.1. The maximum absolute atomic E-state index is 12.3. The summed E-state index contributed by atoms with van der Waals surface area (Å²) in [7, 11) is 0. The zero-order valence-corrected chi connectivity index (χ0v) is 13.9. The molecule has 0 spiro atoms. The Kier molecular flexibility index (Phi) is 4.99. The molecule has 1 aliphatic carbocycles. The normalized spacial score (nSPS) is 19.3. The number of rotatable bonds is 4. The summed E-state index contributed by atoms with van der Waals surface area (Å²) < 4.78 is 0. The number of carbonyl (C=O) groups excluding carboxylic acids is 2. The number of hydrogen-bond donors (Lipinski definition) is 1. The van der Waals surface area contributed by atoms with Crippen molar-refractivity contribution in [2.24, 2.45) is 11.8 Å². The molecule has 1 aromatic carbocycles. The van der Waals surface area contributed by atoms with Gasteiger partial charge in [-0.25, -0.2) is 0 Å². The topological polar surface area (TPSA) is 49.4 Å². The van der Waals surface area contributed by atoms with E-state index in [1.54, 1.807) is 0 Å². The highest BCUT2D eigenvalue weighted by atomic mass is 16.2. The third kappa shape index (κ3) is 3.74. The molecule has 1 aromatic rings. The van der Waals surface area contributed by atoms with Crippen molar-refractivity contribution in [2.45, 2.75) is 45.6 Å². The highest BCUT2D eigenvalue weighted by Crippen LogP contribution is 2.30. The number of carbonyl (C=O) groups is 2. The van der Waals surface area contributed by atoms with Gasteiger partial charge in [-0.2, -0.15) is 0 Å². The number of hydrogen-bond acceptors (Lipinski definition) is 2. The standard InChI is InChI=1S/C19H26N2O2/c1-14-5-2-3-6-17(14)13-20-18(22)15-9-11-21(12-10-15)19(23)16-7-4-8-16/h2-3,5-6,15-16H,4,7-13H2,1H3,(H,20,22). The Hall–Kier alpha value is -1.84. The molecule has 124 valence electrons. The number of likely N-dealkylation sites (tertiary alicyclic amines) is 1. The third-order valence-corrected chi connectivity index (χ3v) is 5.35. The van der Waals surface area contributed by atoms with E-state index in [-0.39, 0.29) is 17.7 Å². The number of nitrogens with zero attached hydrogens (tertiary/aromatic N) is 1. The maximum Gasteiger partial charge on any atom is 0.225 e. The predicted molar refractivity (Wildman–Crippen MR) is 89.7 cm³/mol. The van der Waals surface area contributed by atoms with Gasteiger partial charge in [-0.15, -0.1) is 0 Å². The van der Waals surface area contributed by atoms with Crippen LogP contribution in [0.4, 0.5) is 0 Å². The van der Waals surface area contributed by atoms with Crippen LogP contribution in [0.2, 0.25) is 0 Å². The molecule has 0 atom stereocenters. The van der Waals surface area contributed by atoms with Gasteiger partial charge in [0.05, 0.1) is 0 Å². The minimum Gasteiger partial charge on any atom is -0.352 e. The van der Waals surface area contributed by atoms with E-state index in [4.69, 9.17) is 0 Å². The van der Waals surface area contributed by atoms with Crippen molar-refractivity contribution in [3.05, 3.63) is 35.4 Å². The van der Waals surface area contributed by atoms with Crippen LogP contribution in [-0.2, 0) is 16.1 Å². The van der Waals surface area contributed by atoms with Crippen LogP contribution in [0.5, 0.6) is 0 Å². The van der Waals surface area contributed by atoms with Crippen LogP contribution in [0.3, 0.4) is 0 Å². The van der Waals surface area contributed by atoms with Crippen molar-refractivity contribution in [1.82, 2.24) is 10.2 Å². The zero-order chi connectivity index (χ0) is 16.2. The molecule has 0 radical (unpaired) electrons. The first-order valence-electron chi connectivity index (χ1n) is 8.76. The van der Waals surface area contributed by atoms with Crippen molar-refractivity contribution < 1.29 is 9.59 Å². The molecule has 0 unspecified atom stereocenters. The molecule has 23 heavy (non-hydrogen) atoms. The van der Waals surface area contributed by atoms with E-state index in [1.165, 1.54) is 17.5 Å². The first-order valence-corrected chi connectivity index (χ1v) is 8.76. The number of piperidine rings is 1. The number of benzene rings is 1. The summed E-state index contributed by atoms with van der Waals surface area (Å²) in [5.41, 5.74) is 2.37. The fourth-order valence-electron chi connectivity index (χ4n) is 3.41. The molecule has 1 aliphatic heterocycles. The van der Waals surface area contributed by atoms with Gasteiger partial charge in [0.25, 0.3) is 0 Å². The van der Waals surface area contributed by atoms with Crippen LogP contribution < -0.4 is 5.32 Å². The van der Waals surface area contributed by atoms with E-state index in [0.717, 1.165) is 38.8 Å². The van der Waals surface area contributed by atoms with Gasteiger partial charge in [0.1, 0.15) is 0 Å². The largest absolute Gasteiger partial charge is 0.352 e. The minimum atomic E-state index is 0.0458. The molecule has 0 bridgehead atoms. The highest BCUT2D eigenvalue weighted by molar-refractivity contribution is 5.81. The minimum absolute atomic E-state index is 0.0458. The Morgan fingerprint density at radius 1 is 1.09 bits per heavy atom. The van der Waals surface area contributed by atoms with Crippen LogP contribution in [0.25, 0.3) is 0 Å². The zero-order valence-electron chi connectivity index (χ0n) is 13.9. The second-order valence-corrected chi connectivity index (χ2v) is 6.87.